The normalized spacial score (nSPS) is 11.7. The molecule has 11 heteroatoms. The molecule has 0 aliphatic heterocycles. The van der Waals surface area contributed by atoms with E-state index < -0.39 is 16.9 Å². The highest BCUT2D eigenvalue weighted by Crippen LogP contribution is 2.37. The van der Waals surface area contributed by atoms with Gasteiger partial charge in [0.25, 0.3) is 5.91 Å². The van der Waals surface area contributed by atoms with Crippen molar-refractivity contribution in [3.8, 4) is 11.4 Å². The number of nitrogens with zero attached hydrogens (tertiary/aromatic N) is 5. The highest BCUT2D eigenvalue weighted by molar-refractivity contribution is 6.32. The molecule has 1 amide bonds. The maximum atomic E-state index is 13.7. The molecule has 2 aromatic carbocycles. The molecule has 5 rings (SSSR count). The molecule has 7 nitrogen and oxygen atoms in total. The van der Waals surface area contributed by atoms with Crippen LogP contribution in [-0.4, -0.2) is 32.1 Å². The summed E-state index contributed by atoms with van der Waals surface area (Å²) in [7, 11) is 1.62. The van der Waals surface area contributed by atoms with Crippen LogP contribution in [0.2, 0.25) is 5.02 Å². The van der Waals surface area contributed by atoms with Gasteiger partial charge in [-0.3, -0.25) is 4.79 Å². The molecule has 5 aromatic rings. The molecule has 0 aliphatic rings. The third kappa shape index (κ3) is 5.33. The van der Waals surface area contributed by atoms with Crippen molar-refractivity contribution in [1.82, 2.24) is 19.2 Å². The lowest BCUT2D eigenvalue weighted by molar-refractivity contribution is -0.141. The molecule has 0 aliphatic carbocycles. The molecule has 0 radical (unpaired) electrons. The summed E-state index contributed by atoms with van der Waals surface area (Å²) in [6.07, 6.45) is -1.16. The van der Waals surface area contributed by atoms with Crippen LogP contribution in [0.3, 0.4) is 0 Å². The van der Waals surface area contributed by atoms with Crippen molar-refractivity contribution in [2.45, 2.75) is 26.6 Å². The van der Waals surface area contributed by atoms with Gasteiger partial charge in [-0.1, -0.05) is 35.4 Å². The van der Waals surface area contributed by atoms with Gasteiger partial charge >= 0.3 is 6.18 Å². The number of hydrogen-bond donors (Lipinski definition) is 0. The lowest BCUT2D eigenvalue weighted by atomic mass is 10.1. The van der Waals surface area contributed by atoms with Gasteiger partial charge < -0.3 is 14.0 Å². The minimum Gasteiger partial charge on any atom is -0.487 e. The Bertz CT molecular complexity index is 1680. The standard InChI is InChI=1S/C28H23ClF3N5O2/c1-17-7-10-22(11-8-17)39-16-23-25(29)26(28(30,31)32)34-37(23)20-6-4-5-19(13-20)27(38)35(3)21-9-12-24-33-18(2)14-36(24)15-21/h4-15H,16H2,1-3H3. The summed E-state index contributed by atoms with van der Waals surface area (Å²) in [6, 6.07) is 16.8. The van der Waals surface area contributed by atoms with Crippen molar-refractivity contribution in [3.05, 3.63) is 106 Å². The van der Waals surface area contributed by atoms with Crippen molar-refractivity contribution in [2.24, 2.45) is 0 Å². The Balaban J connectivity index is 1.48. The van der Waals surface area contributed by atoms with Crippen LogP contribution in [0, 0.1) is 13.8 Å². The van der Waals surface area contributed by atoms with Gasteiger partial charge in [0, 0.05) is 25.0 Å². The average Bonchev–Trinajstić information content (AvgIpc) is 3.45. The van der Waals surface area contributed by atoms with Gasteiger partial charge in [0.2, 0.25) is 0 Å². The maximum Gasteiger partial charge on any atom is 0.436 e. The summed E-state index contributed by atoms with van der Waals surface area (Å²) in [5, 5.41) is 3.20. The molecule has 0 N–H and O–H groups in total. The minimum absolute atomic E-state index is 0.00319. The van der Waals surface area contributed by atoms with E-state index in [-0.39, 0.29) is 29.5 Å². The molecular formula is C28H23ClF3N5O2. The third-order valence-corrected chi connectivity index (χ3v) is 6.56. The van der Waals surface area contributed by atoms with E-state index in [2.05, 4.69) is 10.1 Å². The van der Waals surface area contributed by atoms with Crippen LogP contribution in [0.15, 0.2) is 73.1 Å². The molecule has 0 unspecified atom stereocenters. The number of anilines is 1. The fraction of sp³-hybridized carbons (Fsp3) is 0.179. The van der Waals surface area contributed by atoms with Crippen molar-refractivity contribution >= 4 is 28.8 Å². The molecule has 3 aromatic heterocycles. The Hall–Kier alpha value is -4.31. The van der Waals surface area contributed by atoms with Gasteiger partial charge in [0.1, 0.15) is 23.7 Å². The van der Waals surface area contributed by atoms with Crippen LogP contribution in [-0.2, 0) is 12.8 Å². The third-order valence-electron chi connectivity index (χ3n) is 6.17. The molecule has 39 heavy (non-hydrogen) atoms. The number of aromatic nitrogens is 4. The number of carbonyl (C=O) groups is 1. The van der Waals surface area contributed by atoms with E-state index in [0.717, 1.165) is 21.6 Å². The molecule has 0 fully saturated rings. The predicted octanol–water partition coefficient (Wildman–Crippen LogP) is 6.66. The van der Waals surface area contributed by atoms with E-state index in [1.165, 1.54) is 11.0 Å². The Kier molecular flexibility index (Phi) is 6.82. The predicted molar refractivity (Wildman–Crippen MR) is 142 cm³/mol. The average molecular weight is 554 g/mol. The molecular weight excluding hydrogens is 531 g/mol. The molecule has 200 valence electrons. The second-order valence-corrected chi connectivity index (χ2v) is 9.45. The second kappa shape index (κ2) is 10.1. The smallest absolute Gasteiger partial charge is 0.436 e. The number of ether oxygens (including phenoxy) is 1. The van der Waals surface area contributed by atoms with Gasteiger partial charge in [0.15, 0.2) is 5.69 Å². The number of aryl methyl sites for hydroxylation is 2. The van der Waals surface area contributed by atoms with Crippen molar-refractivity contribution in [3.63, 3.8) is 0 Å². The first-order chi connectivity index (χ1) is 18.5. The summed E-state index contributed by atoms with van der Waals surface area (Å²) >= 11 is 6.17. The van der Waals surface area contributed by atoms with Gasteiger partial charge in [-0.05, 0) is 56.3 Å². The van der Waals surface area contributed by atoms with Gasteiger partial charge in [-0.25, -0.2) is 9.67 Å². The molecule has 0 saturated carbocycles. The summed E-state index contributed by atoms with van der Waals surface area (Å²) in [6.45, 7) is 3.51. The maximum absolute atomic E-state index is 13.7. The van der Waals surface area contributed by atoms with E-state index in [9.17, 15) is 18.0 Å². The summed E-state index contributed by atoms with van der Waals surface area (Å²) in [5.41, 5.74) is 2.47. The monoisotopic (exact) mass is 553 g/mol. The quantitative estimate of drug-likeness (QED) is 0.236. The lowest BCUT2D eigenvalue weighted by Crippen LogP contribution is -2.26. The van der Waals surface area contributed by atoms with Crippen molar-refractivity contribution in [2.75, 3.05) is 11.9 Å². The fourth-order valence-corrected chi connectivity index (χ4v) is 4.41. The number of rotatable bonds is 6. The van der Waals surface area contributed by atoms with E-state index >= 15 is 0 Å². The zero-order valence-electron chi connectivity index (χ0n) is 21.2. The summed E-state index contributed by atoms with van der Waals surface area (Å²) in [5.74, 6) is 0.105. The lowest BCUT2D eigenvalue weighted by Gasteiger charge is -2.18. The molecule has 3 heterocycles. The van der Waals surface area contributed by atoms with E-state index in [1.807, 2.05) is 36.6 Å². The first-order valence-corrected chi connectivity index (χ1v) is 12.3. The van der Waals surface area contributed by atoms with Crippen LogP contribution in [0.1, 0.15) is 33.0 Å². The zero-order valence-corrected chi connectivity index (χ0v) is 22.0. The van der Waals surface area contributed by atoms with Crippen LogP contribution in [0.25, 0.3) is 11.3 Å². The highest BCUT2D eigenvalue weighted by Gasteiger charge is 2.39. The largest absolute Gasteiger partial charge is 0.487 e. The van der Waals surface area contributed by atoms with E-state index in [4.69, 9.17) is 16.3 Å². The molecule has 0 bridgehead atoms. The Morgan fingerprint density at radius 3 is 2.51 bits per heavy atom. The minimum atomic E-state index is -4.78. The number of benzene rings is 2. The van der Waals surface area contributed by atoms with Crippen LogP contribution < -0.4 is 9.64 Å². The molecule has 0 atom stereocenters. The van der Waals surface area contributed by atoms with Gasteiger partial charge in [-0.2, -0.15) is 18.3 Å². The number of halogens is 4. The Morgan fingerprint density at radius 2 is 1.79 bits per heavy atom. The van der Waals surface area contributed by atoms with Crippen LogP contribution in [0.5, 0.6) is 5.75 Å². The first-order valence-electron chi connectivity index (χ1n) is 11.9. The number of pyridine rings is 1. The Morgan fingerprint density at radius 1 is 1.05 bits per heavy atom. The van der Waals surface area contributed by atoms with Gasteiger partial charge in [0.05, 0.1) is 22.1 Å². The van der Waals surface area contributed by atoms with Crippen LogP contribution >= 0.6 is 11.6 Å². The van der Waals surface area contributed by atoms with Crippen molar-refractivity contribution < 1.29 is 22.7 Å². The Labute approximate surface area is 227 Å². The highest BCUT2D eigenvalue weighted by atomic mass is 35.5. The number of amides is 1. The summed E-state index contributed by atoms with van der Waals surface area (Å²) in [4.78, 5) is 19.2. The summed E-state index contributed by atoms with van der Waals surface area (Å²) < 4.78 is 49.7. The van der Waals surface area contributed by atoms with Crippen molar-refractivity contribution in [1.29, 1.82) is 0 Å². The first kappa shape index (κ1) is 26.3. The zero-order chi connectivity index (χ0) is 27.9. The number of fused-ring (bicyclic) bond motifs is 1. The second-order valence-electron chi connectivity index (χ2n) is 9.07. The number of hydrogen-bond acceptors (Lipinski definition) is 4. The van der Waals surface area contributed by atoms with Crippen LogP contribution in [0.4, 0.5) is 18.9 Å². The van der Waals surface area contributed by atoms with E-state index in [0.29, 0.717) is 11.4 Å². The molecule has 0 saturated heterocycles. The topological polar surface area (TPSA) is 64.7 Å². The molecule has 0 spiro atoms. The number of carbonyl (C=O) groups excluding carboxylic acids is 1. The SMILES string of the molecule is Cc1ccc(OCc2c(Cl)c(C(F)(F)F)nn2-c2cccc(C(=O)N(C)c3ccc4nc(C)cn4c3)c2)cc1. The fourth-order valence-electron chi connectivity index (χ4n) is 4.13. The number of imidazole rings is 1. The van der Waals surface area contributed by atoms with E-state index in [1.54, 1.807) is 55.7 Å². The van der Waals surface area contributed by atoms with Gasteiger partial charge in [-0.15, -0.1) is 0 Å². The number of alkyl halides is 3.